The van der Waals surface area contributed by atoms with E-state index in [0.717, 1.165) is 29.8 Å². The summed E-state index contributed by atoms with van der Waals surface area (Å²) in [5.74, 6) is 0.103. The van der Waals surface area contributed by atoms with Gasteiger partial charge in [0, 0.05) is 23.4 Å². The smallest absolute Gasteiger partial charge is 0.303 e. The number of ether oxygens (including phenoxy) is 1. The van der Waals surface area contributed by atoms with E-state index < -0.39 is 5.97 Å². The Morgan fingerprint density at radius 3 is 2.85 bits per heavy atom. The van der Waals surface area contributed by atoms with E-state index >= 15 is 0 Å². The molecule has 3 rings (SSSR count). The number of hydrogen-bond donors (Lipinski definition) is 1. The molecule has 0 saturated heterocycles. The van der Waals surface area contributed by atoms with Crippen molar-refractivity contribution in [3.8, 4) is 5.75 Å². The lowest BCUT2D eigenvalue weighted by atomic mass is 9.94. The standard InChI is InChI=1S/C20H23NO3S.ClH/c1-21(2)10-3-4-15-16-9-11-25-19(16)13-24-18-7-5-14(12-17(15)18)6-8-20(22)23;/h4-5,7,9,11-12H,3,6,8,10,13H2,1-2H3,(H,22,23);1H/b15-4+;. The Morgan fingerprint density at radius 2 is 2.12 bits per heavy atom. The predicted molar refractivity (Wildman–Crippen MR) is 109 cm³/mol. The van der Waals surface area contributed by atoms with Gasteiger partial charge in [0.1, 0.15) is 12.4 Å². The number of rotatable bonds is 6. The fourth-order valence-electron chi connectivity index (χ4n) is 2.99. The number of thiophene rings is 1. The molecule has 26 heavy (non-hydrogen) atoms. The van der Waals surface area contributed by atoms with E-state index in [2.05, 4.69) is 42.6 Å². The van der Waals surface area contributed by atoms with E-state index in [1.165, 1.54) is 16.0 Å². The van der Waals surface area contributed by atoms with Crippen molar-refractivity contribution in [2.75, 3.05) is 20.6 Å². The lowest BCUT2D eigenvalue weighted by Crippen LogP contribution is -2.12. The zero-order valence-electron chi connectivity index (χ0n) is 15.0. The Kier molecular flexibility index (Phi) is 7.26. The summed E-state index contributed by atoms with van der Waals surface area (Å²) >= 11 is 1.72. The largest absolute Gasteiger partial charge is 0.487 e. The highest BCUT2D eigenvalue weighted by atomic mass is 35.5. The molecule has 0 amide bonds. The first-order valence-corrected chi connectivity index (χ1v) is 9.32. The maximum Gasteiger partial charge on any atom is 0.303 e. The molecule has 1 aliphatic rings. The summed E-state index contributed by atoms with van der Waals surface area (Å²) < 4.78 is 6.01. The van der Waals surface area contributed by atoms with Gasteiger partial charge in [-0.05, 0) is 67.2 Å². The number of hydrogen-bond acceptors (Lipinski definition) is 4. The molecular weight excluding hydrogens is 370 g/mol. The molecule has 1 aromatic carbocycles. The zero-order chi connectivity index (χ0) is 17.8. The van der Waals surface area contributed by atoms with Crippen LogP contribution in [0.3, 0.4) is 0 Å². The van der Waals surface area contributed by atoms with Crippen molar-refractivity contribution in [2.24, 2.45) is 0 Å². The summed E-state index contributed by atoms with van der Waals surface area (Å²) in [6.45, 7) is 1.57. The molecule has 0 spiro atoms. The third-order valence-electron chi connectivity index (χ3n) is 4.28. The van der Waals surface area contributed by atoms with Crippen molar-refractivity contribution in [3.05, 3.63) is 57.3 Å². The van der Waals surface area contributed by atoms with Crippen molar-refractivity contribution in [1.82, 2.24) is 4.90 Å². The Morgan fingerprint density at radius 1 is 1.31 bits per heavy atom. The van der Waals surface area contributed by atoms with Gasteiger partial charge in [-0.2, -0.15) is 0 Å². The van der Waals surface area contributed by atoms with Crippen LogP contribution in [0.5, 0.6) is 5.75 Å². The van der Waals surface area contributed by atoms with Gasteiger partial charge in [-0.3, -0.25) is 4.79 Å². The number of carboxylic acid groups (broad SMARTS) is 1. The molecule has 1 N–H and O–H groups in total. The zero-order valence-corrected chi connectivity index (χ0v) is 16.7. The van der Waals surface area contributed by atoms with Gasteiger partial charge in [0.15, 0.2) is 0 Å². The van der Waals surface area contributed by atoms with Gasteiger partial charge in [-0.15, -0.1) is 23.7 Å². The van der Waals surface area contributed by atoms with Crippen molar-refractivity contribution in [1.29, 1.82) is 0 Å². The van der Waals surface area contributed by atoms with Gasteiger partial charge in [-0.1, -0.05) is 12.1 Å². The van der Waals surface area contributed by atoms with Crippen LogP contribution in [0.1, 0.15) is 34.4 Å². The molecule has 4 nitrogen and oxygen atoms in total. The molecule has 140 valence electrons. The highest BCUT2D eigenvalue weighted by molar-refractivity contribution is 7.10. The van der Waals surface area contributed by atoms with Crippen LogP contribution in [0, 0.1) is 0 Å². The van der Waals surface area contributed by atoms with Crippen LogP contribution in [0.15, 0.2) is 35.7 Å². The molecule has 0 fully saturated rings. The normalized spacial score (nSPS) is 14.2. The number of halogens is 1. The molecular formula is C20H24ClNO3S. The summed E-state index contributed by atoms with van der Waals surface area (Å²) in [4.78, 5) is 14.3. The van der Waals surface area contributed by atoms with Crippen molar-refractivity contribution < 1.29 is 14.6 Å². The first-order valence-electron chi connectivity index (χ1n) is 8.44. The van der Waals surface area contributed by atoms with E-state index in [9.17, 15) is 4.79 Å². The summed E-state index contributed by atoms with van der Waals surface area (Å²) in [5.41, 5.74) is 4.53. The van der Waals surface area contributed by atoms with E-state index in [4.69, 9.17) is 9.84 Å². The van der Waals surface area contributed by atoms with Crippen molar-refractivity contribution in [2.45, 2.75) is 25.9 Å². The van der Waals surface area contributed by atoms with Crippen LogP contribution >= 0.6 is 23.7 Å². The highest BCUT2D eigenvalue weighted by Crippen LogP contribution is 2.39. The van der Waals surface area contributed by atoms with E-state index in [1.54, 1.807) is 11.3 Å². The third-order valence-corrected chi connectivity index (χ3v) is 5.18. The molecule has 1 aliphatic heterocycles. The fraction of sp³-hybridized carbons (Fsp3) is 0.350. The lowest BCUT2D eigenvalue weighted by molar-refractivity contribution is -0.136. The van der Waals surface area contributed by atoms with E-state index in [1.807, 2.05) is 12.1 Å². The Bertz CT molecular complexity index is 798. The molecule has 0 bridgehead atoms. The number of nitrogens with zero attached hydrogens (tertiary/aromatic N) is 1. The second-order valence-electron chi connectivity index (χ2n) is 6.48. The highest BCUT2D eigenvalue weighted by Gasteiger charge is 2.20. The number of aryl methyl sites for hydroxylation is 1. The second kappa shape index (κ2) is 9.21. The number of aliphatic carboxylic acids is 1. The van der Waals surface area contributed by atoms with Crippen LogP contribution in [0.25, 0.3) is 5.57 Å². The number of carboxylic acids is 1. The topological polar surface area (TPSA) is 49.8 Å². The van der Waals surface area contributed by atoms with Crippen molar-refractivity contribution in [3.63, 3.8) is 0 Å². The van der Waals surface area contributed by atoms with Gasteiger partial charge in [0.05, 0.1) is 0 Å². The van der Waals surface area contributed by atoms with Gasteiger partial charge in [0.2, 0.25) is 0 Å². The molecule has 1 aromatic heterocycles. The fourth-order valence-corrected chi connectivity index (χ4v) is 3.79. The van der Waals surface area contributed by atoms with E-state index in [0.29, 0.717) is 13.0 Å². The SMILES string of the molecule is CN(C)CC/C=C1/c2cc(CCC(=O)O)ccc2OCc2sccc21.Cl. The number of carbonyl (C=O) groups is 1. The number of fused-ring (bicyclic) bond motifs is 2. The maximum absolute atomic E-state index is 10.9. The predicted octanol–water partition coefficient (Wildman–Crippen LogP) is 4.46. The van der Waals surface area contributed by atoms with Crippen LogP contribution in [0.2, 0.25) is 0 Å². The minimum Gasteiger partial charge on any atom is -0.487 e. The van der Waals surface area contributed by atoms with Gasteiger partial charge in [0.25, 0.3) is 0 Å². The summed E-state index contributed by atoms with van der Waals surface area (Å²) in [6.07, 6.45) is 3.91. The molecule has 0 radical (unpaired) electrons. The average Bonchev–Trinajstić information content (AvgIpc) is 2.98. The minimum atomic E-state index is -0.770. The summed E-state index contributed by atoms with van der Waals surface area (Å²) in [7, 11) is 4.14. The van der Waals surface area contributed by atoms with Gasteiger partial charge >= 0.3 is 5.97 Å². The van der Waals surface area contributed by atoms with Crippen LogP contribution in [-0.2, 0) is 17.8 Å². The number of benzene rings is 1. The molecule has 0 saturated carbocycles. The Labute approximate surface area is 164 Å². The molecule has 2 aromatic rings. The monoisotopic (exact) mass is 393 g/mol. The molecule has 0 aliphatic carbocycles. The van der Waals surface area contributed by atoms with Crippen LogP contribution in [-0.4, -0.2) is 36.6 Å². The van der Waals surface area contributed by atoms with Gasteiger partial charge < -0.3 is 14.7 Å². The van der Waals surface area contributed by atoms with E-state index in [-0.39, 0.29) is 18.8 Å². The third kappa shape index (κ3) is 4.87. The van der Waals surface area contributed by atoms with Gasteiger partial charge in [-0.25, -0.2) is 0 Å². The molecule has 6 heteroatoms. The average molecular weight is 394 g/mol. The summed E-state index contributed by atoms with van der Waals surface area (Å²) in [5, 5.41) is 11.0. The lowest BCUT2D eigenvalue weighted by Gasteiger charge is -2.13. The first kappa shape index (κ1) is 20.5. The first-order chi connectivity index (χ1) is 12.0. The second-order valence-corrected chi connectivity index (χ2v) is 7.48. The molecule has 2 heterocycles. The molecule has 0 unspecified atom stereocenters. The minimum absolute atomic E-state index is 0. The maximum atomic E-state index is 10.9. The quantitative estimate of drug-likeness (QED) is 0.787. The van der Waals surface area contributed by atoms with Crippen molar-refractivity contribution >= 4 is 35.3 Å². The Balaban J connectivity index is 0.00000243. The van der Waals surface area contributed by atoms with Crippen LogP contribution in [0.4, 0.5) is 0 Å². The van der Waals surface area contributed by atoms with Crippen LogP contribution < -0.4 is 4.74 Å². The summed E-state index contributed by atoms with van der Waals surface area (Å²) in [6, 6.07) is 8.19. The Hall–Kier alpha value is -1.82. The molecule has 0 atom stereocenters.